The van der Waals surface area contributed by atoms with Crippen molar-refractivity contribution in [2.45, 2.75) is 6.42 Å². The van der Waals surface area contributed by atoms with Crippen LogP contribution >= 0.6 is 0 Å². The second-order valence-corrected chi connectivity index (χ2v) is 4.98. The first-order valence-electron chi connectivity index (χ1n) is 6.42. The van der Waals surface area contributed by atoms with E-state index in [2.05, 4.69) is 20.8 Å². The van der Waals surface area contributed by atoms with Crippen LogP contribution in [-0.4, -0.2) is 37.2 Å². The quantitative estimate of drug-likeness (QED) is 0.849. The van der Waals surface area contributed by atoms with E-state index in [4.69, 9.17) is 5.11 Å². The van der Waals surface area contributed by atoms with Crippen LogP contribution in [0.5, 0.6) is 0 Å². The highest BCUT2D eigenvalue weighted by atomic mass is 16.4. The summed E-state index contributed by atoms with van der Waals surface area (Å²) in [5.41, 5.74) is 1.36. The molecule has 8 nitrogen and oxygen atoms in total. The molecule has 21 heavy (non-hydrogen) atoms. The molecule has 1 aromatic carbocycles. The Morgan fingerprint density at radius 2 is 2.19 bits per heavy atom. The number of aliphatic carboxylic acids is 1. The molecule has 108 valence electrons. The van der Waals surface area contributed by atoms with Crippen molar-refractivity contribution in [1.82, 2.24) is 20.2 Å². The van der Waals surface area contributed by atoms with Crippen LogP contribution in [0.25, 0.3) is 11.4 Å². The van der Waals surface area contributed by atoms with Gasteiger partial charge in [0.05, 0.1) is 11.8 Å². The number of nitrogens with zero attached hydrogens (tertiary/aromatic N) is 4. The number of hydrogen-bond acceptors (Lipinski definition) is 5. The molecule has 2 unspecified atom stereocenters. The average molecular weight is 287 g/mol. The number of amides is 1. The van der Waals surface area contributed by atoms with Gasteiger partial charge in [-0.2, -0.15) is 0 Å². The van der Waals surface area contributed by atoms with Gasteiger partial charge < -0.3 is 10.4 Å². The Morgan fingerprint density at radius 3 is 2.81 bits per heavy atom. The first-order valence-corrected chi connectivity index (χ1v) is 6.42. The van der Waals surface area contributed by atoms with Gasteiger partial charge in [-0.15, -0.1) is 5.10 Å². The van der Waals surface area contributed by atoms with Gasteiger partial charge in [0.2, 0.25) is 5.91 Å². The van der Waals surface area contributed by atoms with Gasteiger partial charge in [0, 0.05) is 18.3 Å². The molecule has 0 radical (unpaired) electrons. The monoisotopic (exact) mass is 287 g/mol. The van der Waals surface area contributed by atoms with E-state index in [1.807, 2.05) is 6.07 Å². The molecular weight excluding hydrogens is 274 g/mol. The van der Waals surface area contributed by atoms with E-state index in [1.165, 1.54) is 4.68 Å². The van der Waals surface area contributed by atoms with Crippen molar-refractivity contribution in [3.63, 3.8) is 0 Å². The maximum absolute atomic E-state index is 11.9. The zero-order valence-electron chi connectivity index (χ0n) is 11.2. The third-order valence-electron chi connectivity index (χ3n) is 3.45. The second kappa shape index (κ2) is 4.97. The largest absolute Gasteiger partial charge is 0.481 e. The summed E-state index contributed by atoms with van der Waals surface area (Å²) in [5, 5.41) is 22.8. The number of aromatic nitrogens is 4. The molecule has 1 amide bonds. The molecule has 0 saturated heterocycles. The summed E-state index contributed by atoms with van der Waals surface area (Å²) in [6.45, 7) is 0. The van der Waals surface area contributed by atoms with Crippen LogP contribution in [0.4, 0.5) is 5.69 Å². The molecule has 1 aromatic heterocycles. The normalized spacial score (nSPS) is 20.0. The number of carbonyl (C=O) groups excluding carboxylic acids is 1. The molecule has 3 rings (SSSR count). The van der Waals surface area contributed by atoms with E-state index in [0.717, 1.165) is 5.56 Å². The first-order chi connectivity index (χ1) is 10.1. The van der Waals surface area contributed by atoms with E-state index in [0.29, 0.717) is 17.9 Å². The molecule has 1 aliphatic carbocycles. The number of tetrazole rings is 1. The second-order valence-electron chi connectivity index (χ2n) is 4.98. The Hall–Kier alpha value is -2.77. The lowest BCUT2D eigenvalue weighted by Crippen LogP contribution is -2.16. The minimum absolute atomic E-state index is 0.268. The van der Waals surface area contributed by atoms with Gasteiger partial charge in [0.15, 0.2) is 5.82 Å². The van der Waals surface area contributed by atoms with E-state index in [1.54, 1.807) is 25.2 Å². The fourth-order valence-corrected chi connectivity index (χ4v) is 2.20. The molecule has 1 heterocycles. The molecule has 0 spiro atoms. The summed E-state index contributed by atoms with van der Waals surface area (Å²) in [6.07, 6.45) is 0.397. The average Bonchev–Trinajstić information content (AvgIpc) is 3.15. The van der Waals surface area contributed by atoms with Crippen LogP contribution in [0.2, 0.25) is 0 Å². The van der Waals surface area contributed by atoms with Crippen molar-refractivity contribution in [3.05, 3.63) is 24.3 Å². The maximum Gasteiger partial charge on any atom is 0.307 e. The lowest BCUT2D eigenvalue weighted by molar-refractivity contribution is -0.139. The number of carbonyl (C=O) groups is 2. The predicted octanol–water partition coefficient (Wildman–Crippen LogP) is 0.536. The van der Waals surface area contributed by atoms with Crippen LogP contribution in [0.3, 0.4) is 0 Å². The third-order valence-corrected chi connectivity index (χ3v) is 3.45. The highest BCUT2D eigenvalue weighted by Gasteiger charge is 2.48. The third kappa shape index (κ3) is 2.60. The Balaban J connectivity index is 1.74. The Labute approximate surface area is 119 Å². The smallest absolute Gasteiger partial charge is 0.307 e. The molecular formula is C13H13N5O3. The molecule has 0 bridgehead atoms. The van der Waals surface area contributed by atoms with E-state index in [-0.39, 0.29) is 5.91 Å². The number of carboxylic acids is 1. The zero-order chi connectivity index (χ0) is 15.0. The summed E-state index contributed by atoms with van der Waals surface area (Å²) in [6, 6.07) is 7.10. The van der Waals surface area contributed by atoms with Gasteiger partial charge in [-0.3, -0.25) is 9.59 Å². The molecule has 0 aliphatic heterocycles. The van der Waals surface area contributed by atoms with E-state index < -0.39 is 17.8 Å². The van der Waals surface area contributed by atoms with Gasteiger partial charge in [0.1, 0.15) is 0 Å². The number of anilines is 1. The van der Waals surface area contributed by atoms with Crippen LogP contribution in [0.1, 0.15) is 6.42 Å². The van der Waals surface area contributed by atoms with Crippen molar-refractivity contribution in [2.24, 2.45) is 18.9 Å². The Bertz CT molecular complexity index is 711. The van der Waals surface area contributed by atoms with Crippen LogP contribution in [-0.2, 0) is 16.6 Å². The predicted molar refractivity (Wildman–Crippen MR) is 72.1 cm³/mol. The fraction of sp³-hybridized carbons (Fsp3) is 0.308. The molecule has 2 atom stereocenters. The molecule has 2 aromatic rings. The highest BCUT2D eigenvalue weighted by molar-refractivity contribution is 5.98. The van der Waals surface area contributed by atoms with Gasteiger partial charge in [-0.05, 0) is 29.0 Å². The van der Waals surface area contributed by atoms with E-state index in [9.17, 15) is 9.59 Å². The summed E-state index contributed by atoms with van der Waals surface area (Å²) in [7, 11) is 1.72. The van der Waals surface area contributed by atoms with Crippen LogP contribution in [0, 0.1) is 11.8 Å². The molecule has 1 aliphatic rings. The van der Waals surface area contributed by atoms with Gasteiger partial charge in [0.25, 0.3) is 0 Å². The molecule has 1 saturated carbocycles. The lowest BCUT2D eigenvalue weighted by Gasteiger charge is -2.06. The number of aryl methyl sites for hydroxylation is 1. The number of hydrogen-bond donors (Lipinski definition) is 2. The SMILES string of the molecule is Cn1nnnc1-c1cccc(NC(=O)C2CC2C(=O)O)c1. The van der Waals surface area contributed by atoms with Gasteiger partial charge >= 0.3 is 5.97 Å². The van der Waals surface area contributed by atoms with Crippen LogP contribution < -0.4 is 5.32 Å². The van der Waals surface area contributed by atoms with Crippen molar-refractivity contribution in [1.29, 1.82) is 0 Å². The standard InChI is InChI=1S/C13H13N5O3/c1-18-11(15-16-17-18)7-3-2-4-8(5-7)14-12(19)9-6-10(9)13(20)21/h2-5,9-10H,6H2,1H3,(H,14,19)(H,20,21). The number of carboxylic acid groups (broad SMARTS) is 1. The lowest BCUT2D eigenvalue weighted by atomic mass is 10.2. The van der Waals surface area contributed by atoms with Crippen molar-refractivity contribution in [3.8, 4) is 11.4 Å². The summed E-state index contributed by atoms with van der Waals surface area (Å²) < 4.78 is 1.53. The number of benzene rings is 1. The molecule has 2 N–H and O–H groups in total. The minimum Gasteiger partial charge on any atom is -0.481 e. The van der Waals surface area contributed by atoms with Crippen molar-refractivity contribution in [2.75, 3.05) is 5.32 Å². The molecule has 1 fully saturated rings. The number of nitrogens with one attached hydrogen (secondary N) is 1. The Kier molecular flexibility index (Phi) is 3.13. The van der Waals surface area contributed by atoms with Crippen LogP contribution in [0.15, 0.2) is 24.3 Å². The maximum atomic E-state index is 11.9. The first kappa shape index (κ1) is 13.2. The van der Waals surface area contributed by atoms with Gasteiger partial charge in [-0.25, -0.2) is 4.68 Å². The topological polar surface area (TPSA) is 110 Å². The van der Waals surface area contributed by atoms with Gasteiger partial charge in [-0.1, -0.05) is 12.1 Å². The summed E-state index contributed by atoms with van der Waals surface area (Å²) in [4.78, 5) is 22.7. The minimum atomic E-state index is -0.922. The van der Waals surface area contributed by atoms with Crippen molar-refractivity contribution >= 4 is 17.6 Å². The van der Waals surface area contributed by atoms with Crippen molar-refractivity contribution < 1.29 is 14.7 Å². The van der Waals surface area contributed by atoms with E-state index >= 15 is 0 Å². The highest BCUT2D eigenvalue weighted by Crippen LogP contribution is 2.39. The fourth-order valence-electron chi connectivity index (χ4n) is 2.20. The zero-order valence-corrected chi connectivity index (χ0v) is 11.2. The summed E-state index contributed by atoms with van der Waals surface area (Å²) >= 11 is 0. The number of rotatable bonds is 4. The summed E-state index contributed by atoms with van der Waals surface area (Å²) in [5.74, 6) is -1.61. The Morgan fingerprint density at radius 1 is 1.38 bits per heavy atom. The molecule has 8 heteroatoms.